The Bertz CT molecular complexity index is 752. The van der Waals surface area contributed by atoms with Crippen molar-refractivity contribution in [3.63, 3.8) is 0 Å². The number of nitrogens with zero attached hydrogens (tertiary/aromatic N) is 1. The van der Waals surface area contributed by atoms with E-state index in [1.807, 2.05) is 0 Å². The monoisotopic (exact) mass is 297 g/mol. The topological polar surface area (TPSA) is 127 Å². The summed E-state index contributed by atoms with van der Waals surface area (Å²) in [4.78, 5) is 6.47. The molecular formula is C10H11N5O2S2. The van der Waals surface area contributed by atoms with Crippen LogP contribution in [0.2, 0.25) is 0 Å². The number of hydrogen-bond donors (Lipinski definition) is 4. The van der Waals surface area contributed by atoms with Gasteiger partial charge >= 0.3 is 0 Å². The molecule has 7 nitrogen and oxygen atoms in total. The standard InChI is InChI=1S/C10H11N5O2S2/c11-6-1-3-7(4-2-6)19(16,17)15-9-5-8(12)13-10(18)14-9/h1-5H,11H2,(H4,12,13,14,15,18). The fraction of sp³-hybridized carbons (Fsp3) is 0. The van der Waals surface area contributed by atoms with Gasteiger partial charge in [-0.2, -0.15) is 0 Å². The third-order valence-corrected chi connectivity index (χ3v) is 3.76. The molecule has 6 N–H and O–H groups in total. The van der Waals surface area contributed by atoms with Crippen LogP contribution in [-0.2, 0) is 10.0 Å². The van der Waals surface area contributed by atoms with Gasteiger partial charge in [0, 0.05) is 11.8 Å². The number of hydrogen-bond acceptors (Lipinski definition) is 6. The SMILES string of the molecule is Nc1ccc(S(=O)(=O)Nc2cc(N)[nH]c(=S)n2)cc1. The van der Waals surface area contributed by atoms with Gasteiger partial charge in [-0.3, -0.25) is 4.72 Å². The first-order valence-electron chi connectivity index (χ1n) is 5.12. The quantitative estimate of drug-likeness (QED) is 0.496. The van der Waals surface area contributed by atoms with Crippen molar-refractivity contribution in [2.24, 2.45) is 0 Å². The molecule has 1 aromatic heterocycles. The number of nitrogens with one attached hydrogen (secondary N) is 2. The normalized spacial score (nSPS) is 11.2. The lowest BCUT2D eigenvalue weighted by Gasteiger charge is -2.07. The molecular weight excluding hydrogens is 286 g/mol. The Kier molecular flexibility index (Phi) is 3.40. The molecule has 0 aliphatic carbocycles. The molecule has 0 amide bonds. The molecule has 0 unspecified atom stereocenters. The summed E-state index contributed by atoms with van der Waals surface area (Å²) in [6.45, 7) is 0. The highest BCUT2D eigenvalue weighted by Crippen LogP contribution is 2.16. The van der Waals surface area contributed by atoms with Crippen LogP contribution in [0.25, 0.3) is 0 Å². The molecule has 0 radical (unpaired) electrons. The molecule has 0 aliphatic rings. The maximum atomic E-state index is 12.1. The highest BCUT2D eigenvalue weighted by molar-refractivity contribution is 7.92. The number of aromatic amines is 1. The van der Waals surface area contributed by atoms with Gasteiger partial charge in [0.1, 0.15) is 11.6 Å². The number of H-pyrrole nitrogens is 1. The van der Waals surface area contributed by atoms with Crippen LogP contribution in [0.4, 0.5) is 17.3 Å². The summed E-state index contributed by atoms with van der Waals surface area (Å²) in [5.41, 5.74) is 11.5. The summed E-state index contributed by atoms with van der Waals surface area (Å²) in [6.07, 6.45) is 0. The molecule has 0 bridgehead atoms. The van der Waals surface area contributed by atoms with Crippen molar-refractivity contribution in [3.05, 3.63) is 35.1 Å². The summed E-state index contributed by atoms with van der Waals surface area (Å²) in [7, 11) is -3.75. The van der Waals surface area contributed by atoms with E-state index in [2.05, 4.69) is 14.7 Å². The van der Waals surface area contributed by atoms with Crippen molar-refractivity contribution in [1.29, 1.82) is 0 Å². The summed E-state index contributed by atoms with van der Waals surface area (Å²) in [5.74, 6) is 0.271. The molecule has 0 spiro atoms. The number of nitrogen functional groups attached to an aromatic ring is 2. The van der Waals surface area contributed by atoms with E-state index < -0.39 is 10.0 Å². The summed E-state index contributed by atoms with van der Waals surface area (Å²) >= 11 is 4.81. The van der Waals surface area contributed by atoms with Crippen LogP contribution in [0.15, 0.2) is 35.2 Å². The average Bonchev–Trinajstić information content (AvgIpc) is 2.27. The van der Waals surface area contributed by atoms with Gasteiger partial charge < -0.3 is 16.5 Å². The van der Waals surface area contributed by atoms with Crippen molar-refractivity contribution in [2.75, 3.05) is 16.2 Å². The Morgan fingerprint density at radius 3 is 2.42 bits per heavy atom. The number of nitrogens with two attached hydrogens (primary N) is 2. The number of sulfonamides is 1. The molecule has 0 saturated carbocycles. The average molecular weight is 297 g/mol. The zero-order valence-electron chi connectivity index (χ0n) is 9.62. The minimum atomic E-state index is -3.75. The smallest absolute Gasteiger partial charge is 0.263 e. The van der Waals surface area contributed by atoms with Gasteiger partial charge in [0.25, 0.3) is 10.0 Å². The Labute approximate surface area is 114 Å². The summed E-state index contributed by atoms with van der Waals surface area (Å²) in [6, 6.07) is 7.11. The van der Waals surface area contributed by atoms with Crippen LogP contribution in [0.5, 0.6) is 0 Å². The van der Waals surface area contributed by atoms with Crippen molar-refractivity contribution in [3.8, 4) is 0 Å². The van der Waals surface area contributed by atoms with Gasteiger partial charge in [-0.25, -0.2) is 13.4 Å². The largest absolute Gasteiger partial charge is 0.399 e. The van der Waals surface area contributed by atoms with Crippen molar-refractivity contribution in [2.45, 2.75) is 4.90 Å². The number of rotatable bonds is 3. The maximum absolute atomic E-state index is 12.1. The summed E-state index contributed by atoms with van der Waals surface area (Å²) in [5, 5.41) is 0. The zero-order valence-corrected chi connectivity index (χ0v) is 11.3. The van der Waals surface area contributed by atoms with Crippen molar-refractivity contribution >= 4 is 39.6 Å². The third-order valence-electron chi connectivity index (χ3n) is 2.19. The molecule has 1 aromatic carbocycles. The molecule has 0 fully saturated rings. The molecule has 9 heteroatoms. The highest BCUT2D eigenvalue weighted by atomic mass is 32.2. The minimum absolute atomic E-state index is 0.0538. The first kappa shape index (κ1) is 13.3. The molecule has 0 saturated heterocycles. The highest BCUT2D eigenvalue weighted by Gasteiger charge is 2.14. The Balaban J connectivity index is 2.36. The Morgan fingerprint density at radius 2 is 1.84 bits per heavy atom. The summed E-state index contributed by atoms with van der Waals surface area (Å²) < 4.78 is 26.5. The van der Waals surface area contributed by atoms with E-state index in [0.717, 1.165) is 0 Å². The van der Waals surface area contributed by atoms with Gasteiger partial charge in [0.05, 0.1) is 4.90 Å². The van der Waals surface area contributed by atoms with Gasteiger partial charge in [-0.1, -0.05) is 0 Å². The van der Waals surface area contributed by atoms with Crippen LogP contribution < -0.4 is 16.2 Å². The lowest BCUT2D eigenvalue weighted by Crippen LogP contribution is -2.14. The van der Waals surface area contributed by atoms with Crippen LogP contribution >= 0.6 is 12.2 Å². The van der Waals surface area contributed by atoms with E-state index in [1.54, 1.807) is 0 Å². The second-order valence-electron chi connectivity index (χ2n) is 3.70. The van der Waals surface area contributed by atoms with E-state index in [4.69, 9.17) is 23.7 Å². The Morgan fingerprint density at radius 1 is 1.21 bits per heavy atom. The number of aromatic nitrogens is 2. The van der Waals surface area contributed by atoms with Gasteiger partial charge in [-0.05, 0) is 36.5 Å². The number of benzene rings is 1. The Hall–Kier alpha value is -2.13. The molecule has 2 rings (SSSR count). The molecule has 0 aliphatic heterocycles. The molecule has 100 valence electrons. The van der Waals surface area contributed by atoms with Crippen molar-refractivity contribution in [1.82, 2.24) is 9.97 Å². The molecule has 19 heavy (non-hydrogen) atoms. The first-order valence-corrected chi connectivity index (χ1v) is 7.01. The second kappa shape index (κ2) is 4.86. The van der Waals surface area contributed by atoms with Crippen LogP contribution in [0.3, 0.4) is 0 Å². The molecule has 2 aromatic rings. The minimum Gasteiger partial charge on any atom is -0.399 e. The van der Waals surface area contributed by atoms with Crippen LogP contribution in [-0.4, -0.2) is 18.4 Å². The fourth-order valence-electron chi connectivity index (χ4n) is 1.37. The van der Waals surface area contributed by atoms with E-state index in [9.17, 15) is 8.42 Å². The van der Waals surface area contributed by atoms with Gasteiger partial charge in [0.15, 0.2) is 4.77 Å². The lowest BCUT2D eigenvalue weighted by atomic mass is 10.3. The number of anilines is 3. The van der Waals surface area contributed by atoms with Crippen LogP contribution in [0.1, 0.15) is 0 Å². The second-order valence-corrected chi connectivity index (χ2v) is 5.77. The molecule has 1 heterocycles. The van der Waals surface area contributed by atoms with Gasteiger partial charge in [-0.15, -0.1) is 0 Å². The fourth-order valence-corrected chi connectivity index (χ4v) is 2.58. The zero-order chi connectivity index (χ0) is 14.0. The van der Waals surface area contributed by atoms with E-state index >= 15 is 0 Å². The van der Waals surface area contributed by atoms with Gasteiger partial charge in [0.2, 0.25) is 0 Å². The van der Waals surface area contributed by atoms with E-state index in [-0.39, 0.29) is 21.3 Å². The first-order chi connectivity index (χ1) is 8.87. The van der Waals surface area contributed by atoms with E-state index in [0.29, 0.717) is 5.69 Å². The van der Waals surface area contributed by atoms with E-state index in [1.165, 1.54) is 30.3 Å². The molecule has 0 atom stereocenters. The lowest BCUT2D eigenvalue weighted by molar-refractivity contribution is 0.601. The third kappa shape index (κ3) is 3.20. The maximum Gasteiger partial charge on any atom is 0.263 e. The van der Waals surface area contributed by atoms with Crippen molar-refractivity contribution < 1.29 is 8.42 Å². The van der Waals surface area contributed by atoms with Crippen LogP contribution in [0, 0.1) is 4.77 Å². The predicted octanol–water partition coefficient (Wildman–Crippen LogP) is 1.10. The predicted molar refractivity (Wildman–Crippen MR) is 75.5 cm³/mol.